The molecule has 38 heavy (non-hydrogen) atoms. The average molecular weight is 532 g/mol. The molecule has 0 aliphatic carbocycles. The van der Waals surface area contributed by atoms with Crippen LogP contribution in [0.2, 0.25) is 5.02 Å². The molecule has 5 rings (SSSR count). The Labute approximate surface area is 227 Å². The Bertz CT molecular complexity index is 1360. The summed E-state index contributed by atoms with van der Waals surface area (Å²) >= 11 is 5.93. The van der Waals surface area contributed by atoms with Gasteiger partial charge in [0, 0.05) is 48.3 Å². The minimum atomic E-state index is -0.354. The number of benzene rings is 3. The molecule has 2 amide bonds. The molecule has 1 atom stereocenters. The highest BCUT2D eigenvalue weighted by Gasteiger charge is 2.24. The van der Waals surface area contributed by atoms with Gasteiger partial charge in [0.15, 0.2) is 0 Å². The zero-order valence-electron chi connectivity index (χ0n) is 21.1. The van der Waals surface area contributed by atoms with Crippen molar-refractivity contribution in [2.24, 2.45) is 7.05 Å². The first-order valence-electron chi connectivity index (χ1n) is 12.5. The third kappa shape index (κ3) is 6.52. The number of urea groups is 1. The lowest BCUT2D eigenvalue weighted by Crippen LogP contribution is -2.48. The number of anilines is 2. The first kappa shape index (κ1) is 25.8. The van der Waals surface area contributed by atoms with Crippen molar-refractivity contribution in [2.75, 3.05) is 37.0 Å². The van der Waals surface area contributed by atoms with Gasteiger partial charge in [-0.05, 0) is 54.1 Å². The quantitative estimate of drug-likeness (QED) is 0.306. The van der Waals surface area contributed by atoms with E-state index in [-0.39, 0.29) is 12.1 Å². The van der Waals surface area contributed by atoms with Gasteiger partial charge in [-0.3, -0.25) is 9.58 Å². The van der Waals surface area contributed by atoms with Crippen molar-refractivity contribution in [1.29, 1.82) is 0 Å². The fraction of sp³-hybridized carbons (Fsp3) is 0.241. The molecule has 1 aromatic heterocycles. The standard InChI is InChI=1S/C29H30ClN5O3/c1-34-27(13-14-31-34)26-17-24(33-29(36)32-23-9-7-22(30)8-10-23)11-12-28(26)38-20-25-19-37-16-15-35(25)18-21-5-3-2-4-6-21/h2-14,17,25H,15-16,18-20H2,1H3,(H2,32,33,36)/t25-/m1/s1. The summed E-state index contributed by atoms with van der Waals surface area (Å²) in [5.41, 5.74) is 4.26. The van der Waals surface area contributed by atoms with Gasteiger partial charge in [0.1, 0.15) is 12.4 Å². The van der Waals surface area contributed by atoms with Crippen LogP contribution in [-0.4, -0.2) is 53.1 Å². The Hall–Kier alpha value is -3.85. The Balaban J connectivity index is 1.31. The smallest absolute Gasteiger partial charge is 0.323 e. The molecule has 0 radical (unpaired) electrons. The molecule has 1 aliphatic rings. The number of halogens is 1. The molecule has 3 aromatic carbocycles. The third-order valence-electron chi connectivity index (χ3n) is 6.45. The maximum Gasteiger partial charge on any atom is 0.323 e. The normalized spacial score (nSPS) is 15.7. The molecule has 0 spiro atoms. The number of nitrogens with one attached hydrogen (secondary N) is 2. The van der Waals surface area contributed by atoms with E-state index in [9.17, 15) is 4.79 Å². The number of ether oxygens (including phenoxy) is 2. The molecule has 9 heteroatoms. The second kappa shape index (κ2) is 12.1. The summed E-state index contributed by atoms with van der Waals surface area (Å²) < 4.78 is 14.0. The SMILES string of the molecule is Cn1nccc1-c1cc(NC(=O)Nc2ccc(Cl)cc2)ccc1OC[C@H]1COCCN1Cc1ccccc1. The minimum Gasteiger partial charge on any atom is -0.491 e. The third-order valence-corrected chi connectivity index (χ3v) is 6.70. The molecule has 1 saturated heterocycles. The number of aromatic nitrogens is 2. The zero-order valence-corrected chi connectivity index (χ0v) is 21.9. The zero-order chi connectivity index (χ0) is 26.3. The summed E-state index contributed by atoms with van der Waals surface area (Å²) in [4.78, 5) is 15.0. The van der Waals surface area contributed by atoms with Crippen LogP contribution in [0.5, 0.6) is 5.75 Å². The summed E-state index contributed by atoms with van der Waals surface area (Å²) in [6, 6.07) is 24.7. The second-order valence-corrected chi connectivity index (χ2v) is 9.57. The van der Waals surface area contributed by atoms with Gasteiger partial charge in [0.25, 0.3) is 0 Å². The number of rotatable bonds is 8. The first-order chi connectivity index (χ1) is 18.5. The van der Waals surface area contributed by atoms with E-state index in [0.29, 0.717) is 42.0 Å². The van der Waals surface area contributed by atoms with Crippen LogP contribution >= 0.6 is 11.6 Å². The van der Waals surface area contributed by atoms with Crippen molar-refractivity contribution in [2.45, 2.75) is 12.6 Å². The van der Waals surface area contributed by atoms with Gasteiger partial charge in [0.05, 0.1) is 24.9 Å². The Morgan fingerprint density at radius 3 is 2.58 bits per heavy atom. The fourth-order valence-electron chi connectivity index (χ4n) is 4.45. The van der Waals surface area contributed by atoms with E-state index in [1.165, 1.54) is 5.56 Å². The molecular formula is C29H30ClN5O3. The number of carbonyl (C=O) groups excluding carboxylic acids is 1. The molecule has 0 bridgehead atoms. The van der Waals surface area contributed by atoms with Crippen molar-refractivity contribution >= 4 is 29.0 Å². The monoisotopic (exact) mass is 531 g/mol. The summed E-state index contributed by atoms with van der Waals surface area (Å²) in [5, 5.41) is 10.6. The van der Waals surface area contributed by atoms with E-state index in [2.05, 4.69) is 44.9 Å². The summed E-state index contributed by atoms with van der Waals surface area (Å²) in [6.07, 6.45) is 1.74. The number of hydrogen-bond donors (Lipinski definition) is 2. The van der Waals surface area contributed by atoms with Crippen LogP contribution in [0, 0.1) is 0 Å². The van der Waals surface area contributed by atoms with Gasteiger partial charge in [-0.15, -0.1) is 0 Å². The van der Waals surface area contributed by atoms with Crippen molar-refractivity contribution in [1.82, 2.24) is 14.7 Å². The van der Waals surface area contributed by atoms with E-state index < -0.39 is 0 Å². The van der Waals surface area contributed by atoms with Crippen LogP contribution in [0.4, 0.5) is 16.2 Å². The topological polar surface area (TPSA) is 80.7 Å². The van der Waals surface area contributed by atoms with Crippen molar-refractivity contribution in [3.8, 4) is 17.0 Å². The van der Waals surface area contributed by atoms with Crippen LogP contribution in [0.15, 0.2) is 85.1 Å². The van der Waals surface area contributed by atoms with Crippen molar-refractivity contribution in [3.05, 3.63) is 95.6 Å². The number of carbonyl (C=O) groups is 1. The van der Waals surface area contributed by atoms with E-state index >= 15 is 0 Å². The van der Waals surface area contributed by atoms with Crippen LogP contribution < -0.4 is 15.4 Å². The van der Waals surface area contributed by atoms with Gasteiger partial charge < -0.3 is 20.1 Å². The fourth-order valence-corrected chi connectivity index (χ4v) is 4.58. The van der Waals surface area contributed by atoms with Gasteiger partial charge in [0.2, 0.25) is 0 Å². The predicted molar refractivity (Wildman–Crippen MR) is 150 cm³/mol. The summed E-state index contributed by atoms with van der Waals surface area (Å²) in [6.45, 7) is 3.49. The van der Waals surface area contributed by atoms with Crippen LogP contribution in [0.25, 0.3) is 11.3 Å². The Kier molecular flexibility index (Phi) is 8.23. The summed E-state index contributed by atoms with van der Waals surface area (Å²) in [5.74, 6) is 0.711. The van der Waals surface area contributed by atoms with E-state index in [4.69, 9.17) is 21.1 Å². The molecule has 8 nitrogen and oxygen atoms in total. The average Bonchev–Trinajstić information content (AvgIpc) is 3.36. The molecule has 4 aromatic rings. The lowest BCUT2D eigenvalue weighted by molar-refractivity contribution is -0.0273. The maximum absolute atomic E-state index is 12.6. The molecule has 0 unspecified atom stereocenters. The van der Waals surface area contributed by atoms with Gasteiger partial charge in [-0.25, -0.2) is 4.79 Å². The highest BCUT2D eigenvalue weighted by molar-refractivity contribution is 6.30. The second-order valence-electron chi connectivity index (χ2n) is 9.13. The highest BCUT2D eigenvalue weighted by Crippen LogP contribution is 2.33. The Morgan fingerprint density at radius 2 is 1.82 bits per heavy atom. The lowest BCUT2D eigenvalue weighted by atomic mass is 10.1. The van der Waals surface area contributed by atoms with Gasteiger partial charge >= 0.3 is 6.03 Å². The number of nitrogens with zero attached hydrogens (tertiary/aromatic N) is 3. The highest BCUT2D eigenvalue weighted by atomic mass is 35.5. The van der Waals surface area contributed by atoms with E-state index in [0.717, 1.165) is 24.3 Å². The number of aryl methyl sites for hydroxylation is 1. The molecule has 196 valence electrons. The lowest BCUT2D eigenvalue weighted by Gasteiger charge is -2.35. The van der Waals surface area contributed by atoms with E-state index in [1.807, 2.05) is 37.4 Å². The van der Waals surface area contributed by atoms with Crippen LogP contribution in [0.3, 0.4) is 0 Å². The van der Waals surface area contributed by atoms with Gasteiger partial charge in [-0.1, -0.05) is 41.9 Å². The van der Waals surface area contributed by atoms with Crippen LogP contribution in [0.1, 0.15) is 5.56 Å². The number of morpholine rings is 1. The van der Waals surface area contributed by atoms with Crippen molar-refractivity contribution < 1.29 is 14.3 Å². The molecule has 1 fully saturated rings. The Morgan fingerprint density at radius 1 is 1.05 bits per heavy atom. The van der Waals surface area contributed by atoms with Crippen molar-refractivity contribution in [3.63, 3.8) is 0 Å². The van der Waals surface area contributed by atoms with E-state index in [1.54, 1.807) is 35.1 Å². The molecular weight excluding hydrogens is 502 g/mol. The molecule has 2 N–H and O–H groups in total. The first-order valence-corrected chi connectivity index (χ1v) is 12.9. The largest absolute Gasteiger partial charge is 0.491 e. The maximum atomic E-state index is 12.6. The summed E-state index contributed by atoms with van der Waals surface area (Å²) in [7, 11) is 1.88. The molecule has 1 aliphatic heterocycles. The minimum absolute atomic E-state index is 0.117. The number of amides is 2. The number of hydrogen-bond acceptors (Lipinski definition) is 5. The van der Waals surface area contributed by atoms with Gasteiger partial charge in [-0.2, -0.15) is 5.10 Å². The molecule has 2 heterocycles. The predicted octanol–water partition coefficient (Wildman–Crippen LogP) is 5.66. The van der Waals surface area contributed by atoms with Crippen LogP contribution in [-0.2, 0) is 18.3 Å². The molecule has 0 saturated carbocycles.